The molecule has 2 heterocycles. The second kappa shape index (κ2) is 7.34. The fraction of sp³-hybridized carbons (Fsp3) is 0.471. The highest BCUT2D eigenvalue weighted by molar-refractivity contribution is 6.30. The number of aromatic amines is 1. The van der Waals surface area contributed by atoms with E-state index in [0.717, 1.165) is 56.1 Å². The molecule has 2 aromatic rings. The lowest BCUT2D eigenvalue weighted by Gasteiger charge is -2.26. The van der Waals surface area contributed by atoms with Crippen LogP contribution in [0.1, 0.15) is 12.6 Å². The molecular weight excluding hydrogens is 314 g/mol. The fourth-order valence-corrected chi connectivity index (χ4v) is 3.15. The van der Waals surface area contributed by atoms with E-state index in [9.17, 15) is 4.79 Å². The van der Waals surface area contributed by atoms with Crippen LogP contribution in [0.3, 0.4) is 0 Å². The molecule has 0 spiro atoms. The Morgan fingerprint density at radius 3 is 2.74 bits per heavy atom. The van der Waals surface area contributed by atoms with Crippen LogP contribution in [0.2, 0.25) is 5.02 Å². The van der Waals surface area contributed by atoms with Gasteiger partial charge in [-0.25, -0.2) is 0 Å². The largest absolute Gasteiger partial charge is 0.379 e. The molecule has 23 heavy (non-hydrogen) atoms. The zero-order chi connectivity index (χ0) is 16.2. The summed E-state index contributed by atoms with van der Waals surface area (Å²) < 4.78 is 7.07. The van der Waals surface area contributed by atoms with Gasteiger partial charge in [-0.2, -0.15) is 0 Å². The van der Waals surface area contributed by atoms with E-state index >= 15 is 0 Å². The standard InChI is InChI=1S/C17H22ClN3O2/c1-2-15-16(13-4-3-5-14(18)12-13)17(22)21(19-15)7-6-20-8-10-23-11-9-20/h3-5,12,19H,2,6-11H2,1H3. The average Bonchev–Trinajstić information content (AvgIpc) is 2.90. The Morgan fingerprint density at radius 2 is 2.04 bits per heavy atom. The lowest BCUT2D eigenvalue weighted by atomic mass is 10.1. The molecular formula is C17H22ClN3O2. The van der Waals surface area contributed by atoms with Crippen LogP contribution in [0.25, 0.3) is 11.1 Å². The zero-order valence-corrected chi connectivity index (χ0v) is 14.1. The minimum absolute atomic E-state index is 0.0253. The Labute approximate surface area is 140 Å². The number of aromatic nitrogens is 2. The van der Waals surface area contributed by atoms with Gasteiger partial charge < -0.3 is 4.74 Å². The number of rotatable bonds is 5. The maximum absolute atomic E-state index is 12.8. The highest BCUT2D eigenvalue weighted by Crippen LogP contribution is 2.22. The first-order chi connectivity index (χ1) is 11.2. The van der Waals surface area contributed by atoms with Gasteiger partial charge in [0.15, 0.2) is 0 Å². The first-order valence-electron chi connectivity index (χ1n) is 8.06. The molecule has 0 bridgehead atoms. The molecule has 0 aliphatic carbocycles. The van der Waals surface area contributed by atoms with Crippen molar-refractivity contribution in [3.63, 3.8) is 0 Å². The number of halogens is 1. The van der Waals surface area contributed by atoms with E-state index in [1.807, 2.05) is 31.2 Å². The number of nitrogens with one attached hydrogen (secondary N) is 1. The van der Waals surface area contributed by atoms with Gasteiger partial charge in [0, 0.05) is 30.4 Å². The third-order valence-corrected chi connectivity index (χ3v) is 4.48. The molecule has 124 valence electrons. The molecule has 1 aromatic carbocycles. The summed E-state index contributed by atoms with van der Waals surface area (Å²) in [7, 11) is 0. The van der Waals surface area contributed by atoms with Gasteiger partial charge in [-0.1, -0.05) is 30.7 Å². The molecule has 0 atom stereocenters. The van der Waals surface area contributed by atoms with E-state index in [4.69, 9.17) is 16.3 Å². The van der Waals surface area contributed by atoms with Gasteiger partial charge in [0.05, 0.1) is 25.3 Å². The van der Waals surface area contributed by atoms with Crippen molar-refractivity contribution in [3.05, 3.63) is 45.3 Å². The van der Waals surface area contributed by atoms with Gasteiger partial charge in [-0.3, -0.25) is 19.5 Å². The monoisotopic (exact) mass is 335 g/mol. The van der Waals surface area contributed by atoms with E-state index in [2.05, 4.69) is 10.00 Å². The minimum Gasteiger partial charge on any atom is -0.379 e. The van der Waals surface area contributed by atoms with Crippen LogP contribution in [-0.4, -0.2) is 47.5 Å². The van der Waals surface area contributed by atoms with Crippen LogP contribution in [0.5, 0.6) is 0 Å². The SMILES string of the molecule is CCc1[nH]n(CCN2CCOCC2)c(=O)c1-c1cccc(Cl)c1. The quantitative estimate of drug-likeness (QED) is 0.912. The summed E-state index contributed by atoms with van der Waals surface area (Å²) in [6, 6.07) is 7.47. The highest BCUT2D eigenvalue weighted by atomic mass is 35.5. The predicted molar refractivity (Wildman–Crippen MR) is 92.1 cm³/mol. The number of morpholine rings is 1. The summed E-state index contributed by atoms with van der Waals surface area (Å²) in [6.07, 6.45) is 0.779. The van der Waals surface area contributed by atoms with Crippen LogP contribution < -0.4 is 5.56 Å². The van der Waals surface area contributed by atoms with E-state index < -0.39 is 0 Å². The molecule has 1 aliphatic heterocycles. The summed E-state index contributed by atoms with van der Waals surface area (Å²) in [5.41, 5.74) is 2.59. The van der Waals surface area contributed by atoms with Crippen LogP contribution in [0, 0.1) is 0 Å². The minimum atomic E-state index is 0.0253. The Balaban J connectivity index is 1.83. The third-order valence-electron chi connectivity index (χ3n) is 4.24. The maximum Gasteiger partial charge on any atom is 0.274 e. The molecule has 1 fully saturated rings. The van der Waals surface area contributed by atoms with Gasteiger partial charge >= 0.3 is 0 Å². The lowest BCUT2D eigenvalue weighted by Crippen LogP contribution is -2.39. The molecule has 6 heteroatoms. The maximum atomic E-state index is 12.8. The summed E-state index contributed by atoms with van der Waals surface area (Å²) in [6.45, 7) is 6.95. The molecule has 1 aliphatic rings. The van der Waals surface area contributed by atoms with Crippen molar-refractivity contribution in [2.75, 3.05) is 32.8 Å². The van der Waals surface area contributed by atoms with Gasteiger partial charge in [0.2, 0.25) is 0 Å². The smallest absolute Gasteiger partial charge is 0.274 e. The van der Waals surface area contributed by atoms with E-state index in [-0.39, 0.29) is 5.56 Å². The number of H-pyrrole nitrogens is 1. The van der Waals surface area contributed by atoms with Gasteiger partial charge in [0.1, 0.15) is 0 Å². The molecule has 0 radical (unpaired) electrons. The van der Waals surface area contributed by atoms with Crippen LogP contribution in [0.15, 0.2) is 29.1 Å². The molecule has 1 N–H and O–H groups in total. The van der Waals surface area contributed by atoms with Crippen molar-refractivity contribution in [2.24, 2.45) is 0 Å². The molecule has 0 unspecified atom stereocenters. The molecule has 0 amide bonds. The summed E-state index contributed by atoms with van der Waals surface area (Å²) in [5, 5.41) is 3.90. The van der Waals surface area contributed by atoms with Crippen molar-refractivity contribution in [1.29, 1.82) is 0 Å². The number of ether oxygens (including phenoxy) is 1. The number of benzene rings is 1. The van der Waals surface area contributed by atoms with Gasteiger partial charge in [-0.05, 0) is 24.1 Å². The average molecular weight is 336 g/mol. The lowest BCUT2D eigenvalue weighted by molar-refractivity contribution is 0.0358. The van der Waals surface area contributed by atoms with Crippen molar-refractivity contribution < 1.29 is 4.74 Å². The zero-order valence-electron chi connectivity index (χ0n) is 13.3. The Hall–Kier alpha value is -1.56. The normalized spacial score (nSPS) is 15.9. The first-order valence-corrected chi connectivity index (χ1v) is 8.44. The summed E-state index contributed by atoms with van der Waals surface area (Å²) >= 11 is 6.07. The molecule has 0 saturated carbocycles. The van der Waals surface area contributed by atoms with Gasteiger partial charge in [0.25, 0.3) is 5.56 Å². The fourth-order valence-electron chi connectivity index (χ4n) is 2.95. The van der Waals surface area contributed by atoms with E-state index in [1.54, 1.807) is 4.68 Å². The van der Waals surface area contributed by atoms with Crippen LogP contribution in [0.4, 0.5) is 0 Å². The van der Waals surface area contributed by atoms with E-state index in [0.29, 0.717) is 11.6 Å². The number of hydrogen-bond acceptors (Lipinski definition) is 3. The third kappa shape index (κ3) is 3.68. The van der Waals surface area contributed by atoms with Crippen LogP contribution in [-0.2, 0) is 17.7 Å². The van der Waals surface area contributed by atoms with Gasteiger partial charge in [-0.15, -0.1) is 0 Å². The second-order valence-electron chi connectivity index (χ2n) is 5.74. The highest BCUT2D eigenvalue weighted by Gasteiger charge is 2.16. The molecule has 3 rings (SSSR count). The number of nitrogens with zero attached hydrogens (tertiary/aromatic N) is 2. The van der Waals surface area contributed by atoms with Crippen molar-refractivity contribution in [2.45, 2.75) is 19.9 Å². The van der Waals surface area contributed by atoms with Crippen molar-refractivity contribution in [1.82, 2.24) is 14.7 Å². The summed E-state index contributed by atoms with van der Waals surface area (Å²) in [4.78, 5) is 15.1. The first kappa shape index (κ1) is 16.3. The van der Waals surface area contributed by atoms with Crippen molar-refractivity contribution >= 4 is 11.6 Å². The molecule has 1 aromatic heterocycles. The number of aryl methyl sites for hydroxylation is 1. The Morgan fingerprint density at radius 1 is 1.26 bits per heavy atom. The topological polar surface area (TPSA) is 50.3 Å². The van der Waals surface area contributed by atoms with E-state index in [1.165, 1.54) is 0 Å². The second-order valence-corrected chi connectivity index (χ2v) is 6.18. The Bertz CT molecular complexity index is 717. The summed E-state index contributed by atoms with van der Waals surface area (Å²) in [5.74, 6) is 0. The molecule has 5 nitrogen and oxygen atoms in total. The number of hydrogen-bond donors (Lipinski definition) is 1. The molecule has 1 saturated heterocycles. The van der Waals surface area contributed by atoms with Crippen molar-refractivity contribution in [3.8, 4) is 11.1 Å². The predicted octanol–water partition coefficient (Wildman–Crippen LogP) is 2.39. The van der Waals surface area contributed by atoms with Crippen LogP contribution >= 0.6 is 11.6 Å². The Kier molecular flexibility index (Phi) is 5.20.